The molecule has 1 aromatic heterocycles. The number of anilines is 3. The van der Waals surface area contributed by atoms with Crippen molar-refractivity contribution in [3.05, 3.63) is 243 Å². The van der Waals surface area contributed by atoms with E-state index in [4.69, 9.17) is 0 Å². The first-order valence-electron chi connectivity index (χ1n) is 20.6. The minimum atomic E-state index is 1.08. The van der Waals surface area contributed by atoms with Crippen LogP contribution in [0.25, 0.3) is 82.8 Å². The molecule has 1 heterocycles. The first kappa shape index (κ1) is 35.2. The van der Waals surface area contributed by atoms with Crippen molar-refractivity contribution >= 4 is 49.6 Å². The summed E-state index contributed by atoms with van der Waals surface area (Å²) < 4.78 is 2.43. The van der Waals surface area contributed by atoms with E-state index >= 15 is 0 Å². The van der Waals surface area contributed by atoms with Gasteiger partial charge in [0.1, 0.15) is 0 Å². The molecule has 11 aromatic rings. The Labute approximate surface area is 350 Å². The maximum Gasteiger partial charge on any atom is 0.0541 e. The molecule has 0 saturated heterocycles. The normalized spacial score (nSPS) is 11.3. The van der Waals surface area contributed by atoms with Gasteiger partial charge < -0.3 is 9.47 Å². The molecule has 0 N–H and O–H groups in total. The lowest BCUT2D eigenvalue weighted by molar-refractivity contribution is 1.18. The van der Waals surface area contributed by atoms with Crippen molar-refractivity contribution in [2.24, 2.45) is 0 Å². The van der Waals surface area contributed by atoms with Crippen LogP contribution in [0.15, 0.2) is 243 Å². The molecular formula is C58H40N2. The summed E-state index contributed by atoms with van der Waals surface area (Å²) in [5.74, 6) is 0. The third-order valence-corrected chi connectivity index (χ3v) is 11.8. The number of aromatic nitrogens is 1. The molecule has 0 bridgehead atoms. The summed E-state index contributed by atoms with van der Waals surface area (Å²) in [5.41, 5.74) is 16.1. The maximum atomic E-state index is 2.46. The largest absolute Gasteiger partial charge is 0.309 e. The average molecular weight is 765 g/mol. The number of benzene rings is 10. The summed E-state index contributed by atoms with van der Waals surface area (Å²) in [6.07, 6.45) is 0. The van der Waals surface area contributed by atoms with Crippen molar-refractivity contribution in [1.29, 1.82) is 0 Å². The molecule has 282 valence electrons. The quantitative estimate of drug-likeness (QED) is 0.150. The van der Waals surface area contributed by atoms with Gasteiger partial charge in [-0.25, -0.2) is 0 Å². The fraction of sp³-hybridized carbons (Fsp3) is 0. The van der Waals surface area contributed by atoms with Crippen LogP contribution in [0.3, 0.4) is 0 Å². The van der Waals surface area contributed by atoms with Crippen molar-refractivity contribution in [2.75, 3.05) is 4.90 Å². The first-order chi connectivity index (χ1) is 29.8. The van der Waals surface area contributed by atoms with Gasteiger partial charge in [0.15, 0.2) is 0 Å². The van der Waals surface area contributed by atoms with Gasteiger partial charge in [-0.2, -0.15) is 0 Å². The number of para-hydroxylation sites is 4. The average Bonchev–Trinajstić information content (AvgIpc) is 3.67. The Morgan fingerprint density at radius 3 is 1.52 bits per heavy atom. The van der Waals surface area contributed by atoms with Gasteiger partial charge >= 0.3 is 0 Å². The van der Waals surface area contributed by atoms with E-state index in [1.807, 2.05) is 0 Å². The fourth-order valence-electron chi connectivity index (χ4n) is 9.04. The second-order valence-electron chi connectivity index (χ2n) is 15.3. The molecule has 0 spiro atoms. The highest BCUT2D eigenvalue weighted by atomic mass is 15.1. The van der Waals surface area contributed by atoms with E-state index in [0.29, 0.717) is 0 Å². The smallest absolute Gasteiger partial charge is 0.0541 e. The summed E-state index contributed by atoms with van der Waals surface area (Å²) in [5, 5.41) is 4.97. The predicted octanol–water partition coefficient (Wildman–Crippen LogP) is 16.1. The summed E-state index contributed by atoms with van der Waals surface area (Å²) in [7, 11) is 0. The van der Waals surface area contributed by atoms with Gasteiger partial charge in [-0.15, -0.1) is 0 Å². The van der Waals surface area contributed by atoms with E-state index < -0.39 is 0 Å². The zero-order valence-electron chi connectivity index (χ0n) is 33.0. The predicted molar refractivity (Wildman–Crippen MR) is 255 cm³/mol. The van der Waals surface area contributed by atoms with Gasteiger partial charge in [-0.1, -0.05) is 194 Å². The summed E-state index contributed by atoms with van der Waals surface area (Å²) in [6.45, 7) is 0. The molecule has 0 fully saturated rings. The van der Waals surface area contributed by atoms with Gasteiger partial charge in [0.05, 0.1) is 28.1 Å². The Morgan fingerprint density at radius 1 is 0.283 bits per heavy atom. The Kier molecular flexibility index (Phi) is 8.87. The first-order valence-corrected chi connectivity index (χ1v) is 20.6. The monoisotopic (exact) mass is 764 g/mol. The lowest BCUT2D eigenvalue weighted by Gasteiger charge is -2.31. The van der Waals surface area contributed by atoms with Crippen molar-refractivity contribution in [3.8, 4) is 50.2 Å². The van der Waals surface area contributed by atoms with Crippen LogP contribution in [-0.4, -0.2) is 4.57 Å². The van der Waals surface area contributed by atoms with Crippen molar-refractivity contribution < 1.29 is 0 Å². The number of hydrogen-bond acceptors (Lipinski definition) is 1. The molecule has 0 aliphatic rings. The van der Waals surface area contributed by atoms with E-state index in [-0.39, 0.29) is 0 Å². The molecule has 0 saturated carbocycles. The lowest BCUT2D eigenvalue weighted by atomic mass is 9.93. The maximum absolute atomic E-state index is 2.46. The third kappa shape index (κ3) is 6.14. The number of rotatable bonds is 8. The van der Waals surface area contributed by atoms with Crippen LogP contribution in [0, 0.1) is 0 Å². The van der Waals surface area contributed by atoms with E-state index in [0.717, 1.165) is 45.0 Å². The second kappa shape index (κ2) is 15.1. The molecule has 10 aromatic carbocycles. The third-order valence-electron chi connectivity index (χ3n) is 11.8. The molecule has 11 rings (SSSR count). The van der Waals surface area contributed by atoms with Crippen LogP contribution in [0.4, 0.5) is 17.1 Å². The molecule has 2 nitrogen and oxygen atoms in total. The van der Waals surface area contributed by atoms with Crippen molar-refractivity contribution in [1.82, 2.24) is 4.57 Å². The fourth-order valence-corrected chi connectivity index (χ4v) is 9.04. The summed E-state index contributed by atoms with van der Waals surface area (Å²) in [4.78, 5) is 2.46. The Bertz CT molecular complexity index is 3250. The van der Waals surface area contributed by atoms with E-state index in [1.165, 1.54) is 54.8 Å². The Balaban J connectivity index is 1.16. The van der Waals surface area contributed by atoms with Crippen LogP contribution in [0.2, 0.25) is 0 Å². The Morgan fingerprint density at radius 2 is 0.783 bits per heavy atom. The lowest BCUT2D eigenvalue weighted by Crippen LogP contribution is -2.13. The standard InChI is InChI=1S/C58H40N2/c1-3-18-41(19-4-1)42-34-37-46(38-35-42)59(58-39-36-45(40-53(58)44-20-5-2-6-21-44)48-29-17-23-43-22-7-8-24-47(43)48)54-30-13-9-25-49(54)50-26-10-14-31-55(50)60-56-32-15-11-27-51(56)52-28-12-16-33-57(52)60/h1-40H. The zero-order valence-corrected chi connectivity index (χ0v) is 33.0. The molecule has 0 amide bonds. The van der Waals surface area contributed by atoms with Crippen LogP contribution in [0.1, 0.15) is 0 Å². The zero-order chi connectivity index (χ0) is 39.8. The van der Waals surface area contributed by atoms with Crippen molar-refractivity contribution in [2.45, 2.75) is 0 Å². The molecule has 0 aliphatic carbocycles. The van der Waals surface area contributed by atoms with Crippen molar-refractivity contribution in [3.63, 3.8) is 0 Å². The molecule has 0 atom stereocenters. The molecule has 0 radical (unpaired) electrons. The molecule has 0 unspecified atom stereocenters. The number of fused-ring (bicyclic) bond motifs is 4. The highest BCUT2D eigenvalue weighted by molar-refractivity contribution is 6.10. The van der Waals surface area contributed by atoms with E-state index in [1.54, 1.807) is 0 Å². The minimum absolute atomic E-state index is 1.08. The second-order valence-corrected chi connectivity index (χ2v) is 15.3. The van der Waals surface area contributed by atoms with Gasteiger partial charge in [-0.05, 0) is 87.1 Å². The minimum Gasteiger partial charge on any atom is -0.309 e. The van der Waals surface area contributed by atoms with Crippen LogP contribution in [0.5, 0.6) is 0 Å². The van der Waals surface area contributed by atoms with Gasteiger partial charge in [-0.3, -0.25) is 0 Å². The van der Waals surface area contributed by atoms with Gasteiger partial charge in [0, 0.05) is 33.2 Å². The molecule has 60 heavy (non-hydrogen) atoms. The van der Waals surface area contributed by atoms with Gasteiger partial charge in [0.25, 0.3) is 0 Å². The molecule has 2 heteroatoms. The van der Waals surface area contributed by atoms with E-state index in [9.17, 15) is 0 Å². The van der Waals surface area contributed by atoms with Crippen LogP contribution < -0.4 is 4.90 Å². The van der Waals surface area contributed by atoms with Gasteiger partial charge in [0.2, 0.25) is 0 Å². The number of hydrogen-bond donors (Lipinski definition) is 0. The highest BCUT2D eigenvalue weighted by Crippen LogP contribution is 2.48. The van der Waals surface area contributed by atoms with Crippen LogP contribution >= 0.6 is 0 Å². The highest BCUT2D eigenvalue weighted by Gasteiger charge is 2.24. The summed E-state index contributed by atoms with van der Waals surface area (Å²) >= 11 is 0. The van der Waals surface area contributed by atoms with E-state index in [2.05, 4.69) is 252 Å². The number of nitrogens with zero attached hydrogens (tertiary/aromatic N) is 2. The van der Waals surface area contributed by atoms with Crippen LogP contribution in [-0.2, 0) is 0 Å². The molecule has 0 aliphatic heterocycles. The Hall–Kier alpha value is -7.94. The molecular weight excluding hydrogens is 725 g/mol. The summed E-state index contributed by atoms with van der Waals surface area (Å²) in [6, 6.07) is 88.0. The SMILES string of the molecule is c1ccc(-c2ccc(N(c3ccc(-c4cccc5ccccc45)cc3-c3ccccc3)c3ccccc3-c3ccccc3-n3c4ccccc4c4ccccc43)cc2)cc1. The topological polar surface area (TPSA) is 8.17 Å².